The van der Waals surface area contributed by atoms with E-state index in [0.29, 0.717) is 0 Å². The van der Waals surface area contributed by atoms with Crippen LogP contribution in [0, 0.1) is 0 Å². The van der Waals surface area contributed by atoms with E-state index in [4.69, 9.17) is 0 Å². The molecule has 0 aliphatic carbocycles. The summed E-state index contributed by atoms with van der Waals surface area (Å²) in [7, 11) is 0.243. The van der Waals surface area contributed by atoms with Crippen molar-refractivity contribution in [3.8, 4) is 0 Å². The van der Waals surface area contributed by atoms with E-state index in [1.54, 1.807) is 0 Å². The summed E-state index contributed by atoms with van der Waals surface area (Å²) in [5.74, 6) is 0. The Labute approximate surface area is 76.8 Å². The van der Waals surface area contributed by atoms with Gasteiger partial charge < -0.3 is 0 Å². The molecule has 1 aromatic rings. The maximum Gasteiger partial charge on any atom is -0.00756 e. The van der Waals surface area contributed by atoms with E-state index in [0.717, 1.165) is 0 Å². The molecule has 0 heterocycles. The van der Waals surface area contributed by atoms with E-state index < -0.39 is 0 Å². The molecule has 0 N–H and O–H groups in total. The van der Waals surface area contributed by atoms with Crippen LogP contribution in [0.15, 0.2) is 30.3 Å². The summed E-state index contributed by atoms with van der Waals surface area (Å²) < 4.78 is 0. The molecule has 0 radical (unpaired) electrons. The smallest absolute Gasteiger partial charge is 0.00756 e. The zero-order valence-electron chi connectivity index (χ0n) is 7.96. The molecule has 0 spiro atoms. The van der Waals surface area contributed by atoms with E-state index in [1.807, 2.05) is 0 Å². The monoisotopic (exact) mass is 180 g/mol. The van der Waals surface area contributed by atoms with Gasteiger partial charge in [-0.15, -0.1) is 7.92 Å². The Morgan fingerprint density at radius 3 is 2.42 bits per heavy atom. The van der Waals surface area contributed by atoms with Crippen LogP contribution < -0.4 is 0 Å². The lowest BCUT2D eigenvalue weighted by molar-refractivity contribution is 1.09. The minimum atomic E-state index is 0.243. The molecule has 1 unspecified atom stereocenters. The van der Waals surface area contributed by atoms with E-state index >= 15 is 0 Å². The van der Waals surface area contributed by atoms with Crippen LogP contribution in [0.2, 0.25) is 0 Å². The third-order valence-electron chi connectivity index (χ3n) is 1.90. The van der Waals surface area contributed by atoms with E-state index in [1.165, 1.54) is 24.3 Å². The first-order valence-corrected chi connectivity index (χ1v) is 6.71. The number of hydrogen-bond donors (Lipinski definition) is 0. The Balaban J connectivity index is 2.41. The molecular weight excluding hydrogens is 163 g/mol. The standard InChI is InChI=1S/C11H17P/c1-3-9-12(2)10-11-7-5-4-6-8-11/h4-8H,3,9-10H2,1-2H3. The van der Waals surface area contributed by atoms with Gasteiger partial charge in [0.05, 0.1) is 0 Å². The Kier molecular flexibility index (Phi) is 4.32. The van der Waals surface area contributed by atoms with Crippen LogP contribution in [-0.2, 0) is 6.16 Å². The Morgan fingerprint density at radius 1 is 1.17 bits per heavy atom. The van der Waals surface area contributed by atoms with E-state index in [9.17, 15) is 0 Å². The van der Waals surface area contributed by atoms with Crippen LogP contribution in [0.3, 0.4) is 0 Å². The molecule has 0 amide bonds. The molecule has 0 aliphatic rings. The van der Waals surface area contributed by atoms with Crippen LogP contribution in [0.25, 0.3) is 0 Å². The zero-order chi connectivity index (χ0) is 8.81. The third kappa shape index (κ3) is 3.36. The lowest BCUT2D eigenvalue weighted by Gasteiger charge is -2.10. The van der Waals surface area contributed by atoms with Gasteiger partial charge in [0.25, 0.3) is 0 Å². The molecule has 1 rings (SSSR count). The molecule has 12 heavy (non-hydrogen) atoms. The van der Waals surface area contributed by atoms with Crippen LogP contribution in [-0.4, -0.2) is 12.8 Å². The minimum Gasteiger partial charge on any atom is -0.105 e. The van der Waals surface area contributed by atoms with Crippen molar-refractivity contribution >= 4 is 7.92 Å². The molecule has 1 heteroatoms. The van der Waals surface area contributed by atoms with Gasteiger partial charge in [-0.25, -0.2) is 0 Å². The second kappa shape index (κ2) is 5.32. The van der Waals surface area contributed by atoms with Crippen molar-refractivity contribution in [2.45, 2.75) is 19.5 Å². The van der Waals surface area contributed by atoms with Crippen LogP contribution in [0.5, 0.6) is 0 Å². The van der Waals surface area contributed by atoms with Crippen molar-refractivity contribution < 1.29 is 0 Å². The molecule has 0 nitrogen and oxygen atoms in total. The maximum absolute atomic E-state index is 2.39. The Morgan fingerprint density at radius 2 is 1.83 bits per heavy atom. The van der Waals surface area contributed by atoms with Gasteiger partial charge >= 0.3 is 0 Å². The molecule has 66 valence electrons. The fraction of sp³-hybridized carbons (Fsp3) is 0.455. The van der Waals surface area contributed by atoms with Gasteiger partial charge in [0.1, 0.15) is 0 Å². The van der Waals surface area contributed by atoms with Crippen molar-refractivity contribution in [3.05, 3.63) is 35.9 Å². The van der Waals surface area contributed by atoms with Gasteiger partial charge in [-0.2, -0.15) is 0 Å². The van der Waals surface area contributed by atoms with Gasteiger partial charge in [-0.1, -0.05) is 43.7 Å². The molecule has 0 saturated heterocycles. The summed E-state index contributed by atoms with van der Waals surface area (Å²) in [5.41, 5.74) is 1.50. The van der Waals surface area contributed by atoms with Crippen molar-refractivity contribution in [2.75, 3.05) is 12.8 Å². The average molecular weight is 180 g/mol. The van der Waals surface area contributed by atoms with Crippen molar-refractivity contribution in [3.63, 3.8) is 0 Å². The molecule has 0 fully saturated rings. The topological polar surface area (TPSA) is 0 Å². The molecular formula is C11H17P. The lowest BCUT2D eigenvalue weighted by Crippen LogP contribution is -1.86. The summed E-state index contributed by atoms with van der Waals surface area (Å²) in [4.78, 5) is 0. The first-order valence-electron chi connectivity index (χ1n) is 4.55. The predicted molar refractivity (Wildman–Crippen MR) is 58.1 cm³/mol. The van der Waals surface area contributed by atoms with Crippen molar-refractivity contribution in [1.29, 1.82) is 0 Å². The fourth-order valence-corrected chi connectivity index (χ4v) is 3.11. The van der Waals surface area contributed by atoms with Gasteiger partial charge in [0.2, 0.25) is 0 Å². The molecule has 0 aromatic heterocycles. The average Bonchev–Trinajstić information content (AvgIpc) is 2.06. The van der Waals surface area contributed by atoms with Crippen LogP contribution >= 0.6 is 7.92 Å². The number of hydrogen-bond acceptors (Lipinski definition) is 0. The van der Waals surface area contributed by atoms with Gasteiger partial charge in [0, 0.05) is 0 Å². The highest BCUT2D eigenvalue weighted by molar-refractivity contribution is 7.55. The summed E-state index contributed by atoms with van der Waals surface area (Å²) in [6, 6.07) is 10.8. The lowest BCUT2D eigenvalue weighted by atomic mass is 10.2. The summed E-state index contributed by atoms with van der Waals surface area (Å²) >= 11 is 0. The first kappa shape index (κ1) is 9.74. The Bertz CT molecular complexity index is 206. The molecule has 0 bridgehead atoms. The van der Waals surface area contributed by atoms with Crippen molar-refractivity contribution in [1.82, 2.24) is 0 Å². The molecule has 0 saturated carbocycles. The van der Waals surface area contributed by atoms with Gasteiger partial charge in [-0.3, -0.25) is 0 Å². The second-order valence-electron chi connectivity index (χ2n) is 3.22. The van der Waals surface area contributed by atoms with Gasteiger partial charge in [-0.05, 0) is 24.6 Å². The number of benzene rings is 1. The summed E-state index contributed by atoms with van der Waals surface area (Å²) in [6.07, 6.45) is 4.03. The highest BCUT2D eigenvalue weighted by Crippen LogP contribution is 2.35. The molecule has 1 atom stereocenters. The maximum atomic E-state index is 2.39. The van der Waals surface area contributed by atoms with E-state index in [-0.39, 0.29) is 7.92 Å². The second-order valence-corrected chi connectivity index (χ2v) is 5.70. The number of rotatable bonds is 4. The largest absolute Gasteiger partial charge is 0.105 e. The summed E-state index contributed by atoms with van der Waals surface area (Å²) in [5, 5.41) is 0. The predicted octanol–water partition coefficient (Wildman–Crippen LogP) is 3.71. The highest BCUT2D eigenvalue weighted by Gasteiger charge is 1.99. The normalized spacial score (nSPS) is 12.8. The minimum absolute atomic E-state index is 0.243. The quantitative estimate of drug-likeness (QED) is 0.619. The van der Waals surface area contributed by atoms with Crippen LogP contribution in [0.1, 0.15) is 18.9 Å². The Hall–Kier alpha value is -0.350. The highest BCUT2D eigenvalue weighted by atomic mass is 31.1. The van der Waals surface area contributed by atoms with E-state index in [2.05, 4.69) is 43.9 Å². The third-order valence-corrected chi connectivity index (χ3v) is 4.02. The molecule has 0 aliphatic heterocycles. The fourth-order valence-electron chi connectivity index (χ4n) is 1.36. The summed E-state index contributed by atoms with van der Waals surface area (Å²) in [6.45, 7) is 4.66. The van der Waals surface area contributed by atoms with Crippen LogP contribution in [0.4, 0.5) is 0 Å². The molecule has 1 aromatic carbocycles. The first-order chi connectivity index (χ1) is 5.83. The van der Waals surface area contributed by atoms with Crippen molar-refractivity contribution in [2.24, 2.45) is 0 Å². The van der Waals surface area contributed by atoms with Gasteiger partial charge in [0.15, 0.2) is 0 Å². The SMILES string of the molecule is CCCP(C)Cc1ccccc1. The zero-order valence-corrected chi connectivity index (χ0v) is 8.85.